The first-order chi connectivity index (χ1) is 15.0. The van der Waals surface area contributed by atoms with Crippen molar-refractivity contribution in [3.8, 4) is 17.2 Å². The Morgan fingerprint density at radius 2 is 1.55 bits per heavy atom. The number of aromatic nitrogens is 2. The molecular formula is C25H21FN2O3. The molecule has 0 radical (unpaired) electrons. The predicted molar refractivity (Wildman–Crippen MR) is 121 cm³/mol. The molecule has 31 heavy (non-hydrogen) atoms. The monoisotopic (exact) mass is 416 g/mol. The number of hydrogen-bond acceptors (Lipinski definition) is 4. The summed E-state index contributed by atoms with van der Waals surface area (Å²) in [7, 11) is 3.06. The summed E-state index contributed by atoms with van der Waals surface area (Å²) in [5.41, 5.74) is 2.83. The van der Waals surface area contributed by atoms with E-state index in [1.165, 1.54) is 26.4 Å². The second-order valence-corrected chi connectivity index (χ2v) is 7.06. The van der Waals surface area contributed by atoms with Gasteiger partial charge >= 0.3 is 0 Å². The number of rotatable bonds is 5. The van der Waals surface area contributed by atoms with E-state index in [1.54, 1.807) is 41.0 Å². The molecule has 0 bridgehead atoms. The van der Waals surface area contributed by atoms with Gasteiger partial charge in [-0.15, -0.1) is 0 Å². The van der Waals surface area contributed by atoms with Crippen LogP contribution in [-0.2, 0) is 0 Å². The highest BCUT2D eigenvalue weighted by Gasteiger charge is 2.15. The van der Waals surface area contributed by atoms with Crippen molar-refractivity contribution in [1.29, 1.82) is 0 Å². The molecule has 156 valence electrons. The Morgan fingerprint density at radius 1 is 0.903 bits per heavy atom. The van der Waals surface area contributed by atoms with Crippen molar-refractivity contribution >= 4 is 23.1 Å². The summed E-state index contributed by atoms with van der Waals surface area (Å²) < 4.78 is 25.5. The van der Waals surface area contributed by atoms with Crippen molar-refractivity contribution in [3.63, 3.8) is 0 Å². The Hall–Kier alpha value is -3.93. The molecule has 0 N–H and O–H groups in total. The topological polar surface area (TPSA) is 53.4 Å². The van der Waals surface area contributed by atoms with Gasteiger partial charge in [0.2, 0.25) is 0 Å². The van der Waals surface area contributed by atoms with Gasteiger partial charge in [-0.25, -0.2) is 9.37 Å². The van der Waals surface area contributed by atoms with Gasteiger partial charge in [0, 0.05) is 6.07 Å². The highest BCUT2D eigenvalue weighted by atomic mass is 19.1. The molecule has 0 unspecified atom stereocenters. The molecule has 0 spiro atoms. The second kappa shape index (κ2) is 8.44. The van der Waals surface area contributed by atoms with Crippen LogP contribution in [0.4, 0.5) is 4.39 Å². The number of aryl methyl sites for hydroxylation is 1. The van der Waals surface area contributed by atoms with Crippen LogP contribution < -0.4 is 15.0 Å². The number of hydrogen-bond donors (Lipinski definition) is 0. The number of nitrogens with zero attached hydrogens (tertiary/aromatic N) is 2. The number of methoxy groups -OCH3 is 2. The Morgan fingerprint density at radius 3 is 2.19 bits per heavy atom. The lowest BCUT2D eigenvalue weighted by Gasteiger charge is -2.14. The van der Waals surface area contributed by atoms with E-state index < -0.39 is 0 Å². The van der Waals surface area contributed by atoms with E-state index in [4.69, 9.17) is 14.5 Å². The van der Waals surface area contributed by atoms with E-state index in [9.17, 15) is 9.18 Å². The number of fused-ring (bicyclic) bond motifs is 1. The summed E-state index contributed by atoms with van der Waals surface area (Å²) in [5.74, 6) is 1.08. The maximum Gasteiger partial charge on any atom is 0.266 e. The first kappa shape index (κ1) is 20.3. The van der Waals surface area contributed by atoms with Gasteiger partial charge in [0.25, 0.3) is 5.56 Å². The highest BCUT2D eigenvalue weighted by Crippen LogP contribution is 2.30. The third-order valence-electron chi connectivity index (χ3n) is 4.99. The van der Waals surface area contributed by atoms with Crippen molar-refractivity contribution in [2.45, 2.75) is 6.92 Å². The second-order valence-electron chi connectivity index (χ2n) is 7.06. The first-order valence-electron chi connectivity index (χ1n) is 9.69. The molecule has 0 aliphatic carbocycles. The quantitative estimate of drug-likeness (QED) is 0.458. The average molecular weight is 416 g/mol. The average Bonchev–Trinajstić information content (AvgIpc) is 2.79. The summed E-state index contributed by atoms with van der Waals surface area (Å²) in [6, 6.07) is 17.0. The molecule has 4 rings (SSSR count). The van der Waals surface area contributed by atoms with Crippen LogP contribution in [-0.4, -0.2) is 23.8 Å². The van der Waals surface area contributed by atoms with Crippen LogP contribution in [0.3, 0.4) is 0 Å². The fourth-order valence-electron chi connectivity index (χ4n) is 3.33. The molecule has 0 amide bonds. The molecule has 0 fully saturated rings. The summed E-state index contributed by atoms with van der Waals surface area (Å²) in [6.07, 6.45) is 3.53. The Labute approximate surface area is 179 Å². The van der Waals surface area contributed by atoms with E-state index in [0.717, 1.165) is 11.1 Å². The Kier molecular flexibility index (Phi) is 5.54. The normalized spacial score (nSPS) is 11.2. The number of halogens is 1. The minimum atomic E-state index is -0.307. The maximum atomic E-state index is 13.5. The molecule has 0 saturated heterocycles. The first-order valence-corrected chi connectivity index (χ1v) is 9.69. The number of ether oxygens (including phenoxy) is 2. The van der Waals surface area contributed by atoms with Crippen molar-refractivity contribution in [2.24, 2.45) is 0 Å². The van der Waals surface area contributed by atoms with Crippen LogP contribution >= 0.6 is 0 Å². The largest absolute Gasteiger partial charge is 0.493 e. The minimum Gasteiger partial charge on any atom is -0.493 e. The molecule has 1 heterocycles. The van der Waals surface area contributed by atoms with Gasteiger partial charge < -0.3 is 9.47 Å². The van der Waals surface area contributed by atoms with E-state index >= 15 is 0 Å². The minimum absolute atomic E-state index is 0.228. The molecule has 6 heteroatoms. The van der Waals surface area contributed by atoms with Crippen molar-refractivity contribution in [1.82, 2.24) is 9.55 Å². The molecule has 5 nitrogen and oxygen atoms in total. The summed E-state index contributed by atoms with van der Waals surface area (Å²) >= 11 is 0. The van der Waals surface area contributed by atoms with Gasteiger partial charge in [-0.2, -0.15) is 0 Å². The standard InChI is InChI=1S/C25H21FN2O3/c1-16-4-11-19(12-5-16)28-24(13-8-17-6-9-18(26)10-7-17)27-21-15-23(31-3)22(30-2)14-20(21)25(28)29/h4-15H,1-3H3/b13-8-. The highest BCUT2D eigenvalue weighted by molar-refractivity contribution is 5.83. The van der Waals surface area contributed by atoms with E-state index in [-0.39, 0.29) is 11.4 Å². The summed E-state index contributed by atoms with van der Waals surface area (Å²) in [4.78, 5) is 18.2. The molecule has 0 saturated carbocycles. The molecule has 0 aliphatic rings. The van der Waals surface area contributed by atoms with Gasteiger partial charge in [-0.05, 0) is 48.9 Å². The van der Waals surface area contributed by atoms with Gasteiger partial charge in [0.15, 0.2) is 11.5 Å². The van der Waals surface area contributed by atoms with Crippen LogP contribution in [0, 0.1) is 12.7 Å². The van der Waals surface area contributed by atoms with E-state index in [0.29, 0.717) is 33.9 Å². The van der Waals surface area contributed by atoms with E-state index in [1.807, 2.05) is 31.2 Å². The molecular weight excluding hydrogens is 395 g/mol. The molecule has 4 aromatic rings. The smallest absolute Gasteiger partial charge is 0.266 e. The fourth-order valence-corrected chi connectivity index (χ4v) is 3.33. The maximum absolute atomic E-state index is 13.5. The van der Waals surface area contributed by atoms with Gasteiger partial charge in [-0.1, -0.05) is 35.9 Å². The van der Waals surface area contributed by atoms with Gasteiger partial charge in [0.05, 0.1) is 30.8 Å². The van der Waals surface area contributed by atoms with Crippen LogP contribution in [0.2, 0.25) is 0 Å². The lowest BCUT2D eigenvalue weighted by Crippen LogP contribution is -2.22. The zero-order chi connectivity index (χ0) is 22.0. The lowest BCUT2D eigenvalue weighted by molar-refractivity contribution is 0.355. The predicted octanol–water partition coefficient (Wildman–Crippen LogP) is 5.02. The van der Waals surface area contributed by atoms with Crippen LogP contribution in [0.25, 0.3) is 28.7 Å². The third-order valence-corrected chi connectivity index (χ3v) is 4.99. The molecule has 1 aromatic heterocycles. The Bertz CT molecular complexity index is 1320. The zero-order valence-corrected chi connectivity index (χ0v) is 17.4. The van der Waals surface area contributed by atoms with E-state index in [2.05, 4.69) is 0 Å². The van der Waals surface area contributed by atoms with Gasteiger partial charge in [0.1, 0.15) is 11.6 Å². The van der Waals surface area contributed by atoms with Crippen LogP contribution in [0.1, 0.15) is 17.0 Å². The molecule has 3 aromatic carbocycles. The molecule has 0 atom stereocenters. The number of benzene rings is 3. The molecule has 0 aliphatic heterocycles. The third kappa shape index (κ3) is 4.05. The Balaban J connectivity index is 1.97. The van der Waals surface area contributed by atoms with Crippen molar-refractivity contribution in [2.75, 3.05) is 14.2 Å². The summed E-state index contributed by atoms with van der Waals surface area (Å²) in [6.45, 7) is 1.98. The van der Waals surface area contributed by atoms with Crippen molar-refractivity contribution < 1.29 is 13.9 Å². The fraction of sp³-hybridized carbons (Fsp3) is 0.120. The van der Waals surface area contributed by atoms with Crippen LogP contribution in [0.15, 0.2) is 65.5 Å². The van der Waals surface area contributed by atoms with Gasteiger partial charge in [-0.3, -0.25) is 9.36 Å². The summed E-state index contributed by atoms with van der Waals surface area (Å²) in [5, 5.41) is 0.414. The van der Waals surface area contributed by atoms with Crippen molar-refractivity contribution in [3.05, 3.63) is 93.8 Å². The SMILES string of the molecule is COc1cc2nc(/C=C\c3ccc(F)cc3)n(-c3ccc(C)cc3)c(=O)c2cc1OC. The lowest BCUT2D eigenvalue weighted by atomic mass is 10.1. The van der Waals surface area contributed by atoms with Crippen LogP contribution in [0.5, 0.6) is 11.5 Å². The zero-order valence-electron chi connectivity index (χ0n) is 17.4.